The Hall–Kier alpha value is -3.56. The number of amides is 2. The molecule has 1 aromatic carbocycles. The molecule has 0 saturated carbocycles. The van der Waals surface area contributed by atoms with Crippen LogP contribution in [0.5, 0.6) is 5.75 Å². The number of aromatic nitrogens is 2. The number of nitrogens with zero attached hydrogens (tertiary/aromatic N) is 2. The molecule has 2 aromatic rings. The lowest BCUT2D eigenvalue weighted by molar-refractivity contribution is -0.123. The third-order valence-electron chi connectivity index (χ3n) is 4.13. The summed E-state index contributed by atoms with van der Waals surface area (Å²) in [5, 5.41) is 5.25. The molecule has 2 amide bonds. The zero-order valence-corrected chi connectivity index (χ0v) is 14.9. The zero-order valence-electron chi connectivity index (χ0n) is 14.9. The van der Waals surface area contributed by atoms with Gasteiger partial charge < -0.3 is 15.4 Å². The number of para-hydroxylation sites is 2. The first-order valence-electron chi connectivity index (χ1n) is 8.33. The first kappa shape index (κ1) is 18.2. The number of hydrogen-bond donors (Lipinski definition) is 3. The number of carbonyl (C=O) groups excluding carboxylic acids is 2. The maximum Gasteiger partial charge on any atom is 0.330 e. The summed E-state index contributed by atoms with van der Waals surface area (Å²) in [5.74, 6) is -0.365. The monoisotopic (exact) mass is 373 g/mol. The van der Waals surface area contributed by atoms with Crippen molar-refractivity contribution in [1.82, 2.24) is 9.55 Å². The molecular formula is C17H19N5O5. The van der Waals surface area contributed by atoms with Crippen LogP contribution < -0.4 is 31.5 Å². The number of benzene rings is 1. The molecule has 1 aliphatic rings. The molecule has 0 aliphatic carbocycles. The molecule has 0 bridgehead atoms. The van der Waals surface area contributed by atoms with E-state index in [1.807, 2.05) is 0 Å². The second-order valence-electron chi connectivity index (χ2n) is 5.76. The Kier molecular flexibility index (Phi) is 4.97. The van der Waals surface area contributed by atoms with E-state index in [1.54, 1.807) is 31.2 Å². The van der Waals surface area contributed by atoms with Crippen LogP contribution in [0, 0.1) is 0 Å². The Morgan fingerprint density at radius 1 is 1.26 bits per heavy atom. The van der Waals surface area contributed by atoms with Crippen molar-refractivity contribution in [2.24, 2.45) is 0 Å². The third kappa shape index (κ3) is 3.41. The number of aromatic amines is 1. The van der Waals surface area contributed by atoms with E-state index in [0.29, 0.717) is 11.4 Å². The summed E-state index contributed by atoms with van der Waals surface area (Å²) in [6.07, 6.45) is 0. The lowest BCUT2D eigenvalue weighted by Crippen LogP contribution is -2.44. The number of ether oxygens (including phenoxy) is 1. The van der Waals surface area contributed by atoms with Crippen molar-refractivity contribution >= 4 is 29.0 Å². The molecule has 10 nitrogen and oxygen atoms in total. The molecule has 0 unspecified atom stereocenters. The minimum atomic E-state index is -0.643. The highest BCUT2D eigenvalue weighted by molar-refractivity contribution is 6.05. The maximum atomic E-state index is 12.6. The summed E-state index contributed by atoms with van der Waals surface area (Å²) >= 11 is 0. The second-order valence-corrected chi connectivity index (χ2v) is 5.76. The van der Waals surface area contributed by atoms with Crippen molar-refractivity contribution in [1.29, 1.82) is 0 Å². The maximum absolute atomic E-state index is 12.6. The van der Waals surface area contributed by atoms with E-state index in [9.17, 15) is 19.2 Å². The van der Waals surface area contributed by atoms with Crippen molar-refractivity contribution in [3.63, 3.8) is 0 Å². The summed E-state index contributed by atoms with van der Waals surface area (Å²) in [4.78, 5) is 52.3. The Bertz CT molecular complexity index is 973. The largest absolute Gasteiger partial charge is 0.482 e. The number of anilines is 3. The Morgan fingerprint density at radius 3 is 2.70 bits per heavy atom. The molecule has 0 fully saturated rings. The highest BCUT2D eigenvalue weighted by atomic mass is 16.5. The van der Waals surface area contributed by atoms with Crippen molar-refractivity contribution in [2.45, 2.75) is 13.5 Å². The highest BCUT2D eigenvalue weighted by Gasteiger charge is 2.27. The minimum Gasteiger partial charge on any atom is -0.482 e. The van der Waals surface area contributed by atoms with Crippen LogP contribution in [-0.2, 0) is 16.1 Å². The molecular weight excluding hydrogens is 354 g/mol. The SMILES string of the molecule is CCn1c(NC(=O)CN2C(=O)COc3ccccc32)c(NC)c(=O)[nH]c1=O. The molecule has 10 heteroatoms. The molecule has 0 radical (unpaired) electrons. The predicted molar refractivity (Wildman–Crippen MR) is 99.5 cm³/mol. The fraction of sp³-hybridized carbons (Fsp3) is 0.294. The van der Waals surface area contributed by atoms with Gasteiger partial charge in [-0.25, -0.2) is 4.79 Å². The minimum absolute atomic E-state index is 0.0488. The summed E-state index contributed by atoms with van der Waals surface area (Å²) in [6.45, 7) is 1.49. The summed E-state index contributed by atoms with van der Waals surface area (Å²) < 4.78 is 6.57. The van der Waals surface area contributed by atoms with E-state index in [2.05, 4.69) is 15.6 Å². The topological polar surface area (TPSA) is 126 Å². The van der Waals surface area contributed by atoms with Gasteiger partial charge in [0.05, 0.1) is 5.69 Å². The van der Waals surface area contributed by atoms with Gasteiger partial charge in [-0.2, -0.15) is 0 Å². The van der Waals surface area contributed by atoms with E-state index in [1.165, 1.54) is 16.5 Å². The average molecular weight is 373 g/mol. The van der Waals surface area contributed by atoms with Crippen molar-refractivity contribution < 1.29 is 14.3 Å². The van der Waals surface area contributed by atoms with Crippen LogP contribution in [-0.4, -0.2) is 41.6 Å². The third-order valence-corrected chi connectivity index (χ3v) is 4.13. The van der Waals surface area contributed by atoms with Gasteiger partial charge in [-0.1, -0.05) is 12.1 Å². The van der Waals surface area contributed by atoms with Crippen LogP contribution in [0.2, 0.25) is 0 Å². The van der Waals surface area contributed by atoms with Gasteiger partial charge in [-0.3, -0.25) is 28.8 Å². The van der Waals surface area contributed by atoms with Crippen molar-refractivity contribution in [3.05, 3.63) is 45.1 Å². The lowest BCUT2D eigenvalue weighted by atomic mass is 10.2. The molecule has 1 aliphatic heterocycles. The van der Waals surface area contributed by atoms with Gasteiger partial charge in [-0.15, -0.1) is 0 Å². The fourth-order valence-corrected chi connectivity index (χ4v) is 2.88. The van der Waals surface area contributed by atoms with Gasteiger partial charge in [0.15, 0.2) is 6.61 Å². The van der Waals surface area contributed by atoms with Crippen LogP contribution >= 0.6 is 0 Å². The molecule has 27 heavy (non-hydrogen) atoms. The van der Waals surface area contributed by atoms with Crippen molar-refractivity contribution in [3.8, 4) is 5.75 Å². The van der Waals surface area contributed by atoms with Gasteiger partial charge in [0.2, 0.25) is 5.91 Å². The smallest absolute Gasteiger partial charge is 0.330 e. The van der Waals surface area contributed by atoms with Crippen LogP contribution in [0.15, 0.2) is 33.9 Å². The summed E-state index contributed by atoms with van der Waals surface area (Å²) in [5.41, 5.74) is -0.741. The quantitative estimate of drug-likeness (QED) is 0.675. The van der Waals surface area contributed by atoms with Crippen LogP contribution in [0.3, 0.4) is 0 Å². The first-order chi connectivity index (χ1) is 13.0. The molecule has 0 saturated heterocycles. The number of fused-ring (bicyclic) bond motifs is 1. The molecule has 0 atom stereocenters. The summed E-state index contributed by atoms with van der Waals surface area (Å²) in [6, 6.07) is 6.88. The Labute approximate surface area is 153 Å². The molecule has 3 N–H and O–H groups in total. The Morgan fingerprint density at radius 2 is 2.00 bits per heavy atom. The Balaban J connectivity index is 1.90. The van der Waals surface area contributed by atoms with Gasteiger partial charge in [-0.05, 0) is 19.1 Å². The number of rotatable bonds is 5. The molecule has 0 spiro atoms. The molecule has 2 heterocycles. The fourth-order valence-electron chi connectivity index (χ4n) is 2.88. The van der Waals surface area contributed by atoms with Gasteiger partial charge in [0, 0.05) is 13.6 Å². The standard InChI is InChI=1S/C17H19N5O5/c1-3-21-15(14(18-2)16(25)20-17(21)26)19-12(23)8-22-10-6-4-5-7-11(10)27-9-13(22)24/h4-7,18H,3,8-9H2,1-2H3,(H,19,23)(H,20,25,26). The van der Waals surface area contributed by atoms with E-state index in [-0.39, 0.29) is 37.1 Å². The van der Waals surface area contributed by atoms with E-state index < -0.39 is 17.2 Å². The average Bonchev–Trinajstić information content (AvgIpc) is 2.64. The number of hydrogen-bond acceptors (Lipinski definition) is 6. The molecule has 3 rings (SSSR count). The number of H-pyrrole nitrogens is 1. The first-order valence-corrected chi connectivity index (χ1v) is 8.33. The lowest BCUT2D eigenvalue weighted by Gasteiger charge is -2.28. The molecule has 142 valence electrons. The van der Waals surface area contributed by atoms with E-state index >= 15 is 0 Å². The predicted octanol–water partition coefficient (Wildman–Crippen LogP) is -0.0377. The van der Waals surface area contributed by atoms with E-state index in [0.717, 1.165) is 0 Å². The van der Waals surface area contributed by atoms with Gasteiger partial charge >= 0.3 is 5.69 Å². The zero-order chi connectivity index (χ0) is 19.6. The van der Waals surface area contributed by atoms with Crippen LogP contribution in [0.1, 0.15) is 6.92 Å². The van der Waals surface area contributed by atoms with E-state index in [4.69, 9.17) is 4.74 Å². The number of nitrogens with one attached hydrogen (secondary N) is 3. The highest BCUT2D eigenvalue weighted by Crippen LogP contribution is 2.31. The normalized spacial score (nSPS) is 13.0. The second kappa shape index (κ2) is 7.36. The van der Waals surface area contributed by atoms with Gasteiger partial charge in [0.1, 0.15) is 23.8 Å². The molecule has 1 aromatic heterocycles. The van der Waals surface area contributed by atoms with Crippen LogP contribution in [0.4, 0.5) is 17.2 Å². The van der Waals surface area contributed by atoms with Crippen molar-refractivity contribution in [2.75, 3.05) is 35.7 Å². The van der Waals surface area contributed by atoms with Crippen LogP contribution in [0.25, 0.3) is 0 Å². The van der Waals surface area contributed by atoms with Gasteiger partial charge in [0.25, 0.3) is 11.5 Å². The number of carbonyl (C=O) groups is 2. The summed E-state index contributed by atoms with van der Waals surface area (Å²) in [7, 11) is 1.51.